The Morgan fingerprint density at radius 1 is 1.00 bits per heavy atom. The highest BCUT2D eigenvalue weighted by atomic mass is 16.5. The lowest BCUT2D eigenvalue weighted by Crippen LogP contribution is -2.42. The first-order chi connectivity index (χ1) is 7.24. The Kier molecular flexibility index (Phi) is 3.68. The second-order valence-corrected chi connectivity index (χ2v) is 5.37. The minimum atomic E-state index is -0.322. The van der Waals surface area contributed by atoms with Crippen molar-refractivity contribution in [2.75, 3.05) is 7.11 Å². The van der Waals surface area contributed by atoms with Crippen molar-refractivity contribution in [1.29, 1.82) is 0 Å². The van der Waals surface area contributed by atoms with Gasteiger partial charge in [-0.1, -0.05) is 19.3 Å². The van der Waals surface area contributed by atoms with E-state index in [1.165, 1.54) is 19.3 Å². The number of rotatable bonds is 2. The summed E-state index contributed by atoms with van der Waals surface area (Å²) < 4.78 is 5.38. The van der Waals surface area contributed by atoms with E-state index < -0.39 is 0 Å². The summed E-state index contributed by atoms with van der Waals surface area (Å²) in [4.78, 5) is 0. The highest BCUT2D eigenvalue weighted by molar-refractivity contribution is 4.91. The van der Waals surface area contributed by atoms with Crippen LogP contribution >= 0.6 is 0 Å². The van der Waals surface area contributed by atoms with E-state index in [2.05, 4.69) is 0 Å². The summed E-state index contributed by atoms with van der Waals surface area (Å²) >= 11 is 0. The van der Waals surface area contributed by atoms with Gasteiger partial charge in [0, 0.05) is 7.11 Å². The minimum absolute atomic E-state index is 0.322. The second kappa shape index (κ2) is 4.84. The highest BCUT2D eigenvalue weighted by Gasteiger charge is 2.39. The fourth-order valence-corrected chi connectivity index (χ4v) is 3.41. The number of hydrogen-bond donors (Lipinski definition) is 1. The van der Waals surface area contributed by atoms with E-state index in [9.17, 15) is 5.11 Å². The minimum Gasteiger partial charge on any atom is -0.390 e. The second-order valence-electron chi connectivity index (χ2n) is 5.37. The highest BCUT2D eigenvalue weighted by Crippen LogP contribution is 2.41. The van der Waals surface area contributed by atoms with Gasteiger partial charge >= 0.3 is 0 Å². The zero-order valence-corrected chi connectivity index (χ0v) is 9.87. The number of hydrogen-bond acceptors (Lipinski definition) is 2. The molecule has 1 N–H and O–H groups in total. The molecule has 0 radical (unpaired) electrons. The van der Waals surface area contributed by atoms with Crippen molar-refractivity contribution in [2.24, 2.45) is 5.92 Å². The molecule has 88 valence electrons. The predicted octanol–water partition coefficient (Wildman–Crippen LogP) is 2.89. The van der Waals surface area contributed by atoms with Gasteiger partial charge in [0.1, 0.15) is 0 Å². The molecule has 0 aromatic heterocycles. The van der Waals surface area contributed by atoms with E-state index >= 15 is 0 Å². The van der Waals surface area contributed by atoms with Crippen molar-refractivity contribution in [3.05, 3.63) is 0 Å². The Bertz CT molecular complexity index is 189. The third-order valence-electron chi connectivity index (χ3n) is 4.49. The average molecular weight is 212 g/mol. The lowest BCUT2D eigenvalue weighted by Gasteiger charge is -2.42. The van der Waals surface area contributed by atoms with E-state index in [1.54, 1.807) is 7.11 Å². The molecule has 0 aromatic carbocycles. The number of ether oxygens (including phenoxy) is 1. The standard InChI is InChI=1S/C13H24O2/c1-15-12-7-5-11(6-8-12)13(14)9-3-2-4-10-13/h11-12,14H,2-10H2,1H3. The van der Waals surface area contributed by atoms with Gasteiger partial charge in [-0.05, 0) is 44.4 Å². The van der Waals surface area contributed by atoms with Crippen molar-refractivity contribution in [3.8, 4) is 0 Å². The van der Waals surface area contributed by atoms with Gasteiger partial charge in [0.15, 0.2) is 0 Å². The first kappa shape index (κ1) is 11.4. The molecular formula is C13H24O2. The first-order valence-electron chi connectivity index (χ1n) is 6.50. The summed E-state index contributed by atoms with van der Waals surface area (Å²) in [6.45, 7) is 0. The van der Waals surface area contributed by atoms with Crippen LogP contribution in [-0.2, 0) is 4.74 Å². The smallest absolute Gasteiger partial charge is 0.0675 e. The molecule has 0 unspecified atom stereocenters. The lowest BCUT2D eigenvalue weighted by molar-refractivity contribution is -0.0755. The molecule has 0 aliphatic heterocycles. The molecule has 0 saturated heterocycles. The summed E-state index contributed by atoms with van der Waals surface area (Å²) in [6, 6.07) is 0. The molecule has 0 atom stereocenters. The summed E-state index contributed by atoms with van der Waals surface area (Å²) in [6.07, 6.45) is 10.9. The number of aliphatic hydroxyl groups is 1. The Morgan fingerprint density at radius 3 is 2.13 bits per heavy atom. The fraction of sp³-hybridized carbons (Fsp3) is 1.00. The lowest BCUT2D eigenvalue weighted by atomic mass is 9.69. The van der Waals surface area contributed by atoms with Crippen LogP contribution < -0.4 is 0 Å². The molecule has 0 aromatic rings. The van der Waals surface area contributed by atoms with Crippen LogP contribution in [0.15, 0.2) is 0 Å². The van der Waals surface area contributed by atoms with Gasteiger partial charge in [-0.25, -0.2) is 0 Å². The van der Waals surface area contributed by atoms with Gasteiger partial charge in [-0.2, -0.15) is 0 Å². The van der Waals surface area contributed by atoms with Crippen molar-refractivity contribution in [2.45, 2.75) is 69.5 Å². The van der Waals surface area contributed by atoms with Gasteiger partial charge in [0.2, 0.25) is 0 Å². The molecule has 15 heavy (non-hydrogen) atoms. The van der Waals surface area contributed by atoms with Crippen LogP contribution in [0.5, 0.6) is 0 Å². The van der Waals surface area contributed by atoms with Crippen LogP contribution in [0, 0.1) is 5.92 Å². The SMILES string of the molecule is COC1CCC(C2(O)CCCCC2)CC1. The monoisotopic (exact) mass is 212 g/mol. The zero-order chi connectivity index (χ0) is 10.7. The third kappa shape index (κ3) is 2.54. The van der Waals surface area contributed by atoms with E-state index in [1.807, 2.05) is 0 Å². The van der Waals surface area contributed by atoms with Crippen LogP contribution in [0.3, 0.4) is 0 Å². The van der Waals surface area contributed by atoms with E-state index in [-0.39, 0.29) is 5.60 Å². The van der Waals surface area contributed by atoms with Crippen molar-refractivity contribution in [1.82, 2.24) is 0 Å². The normalized spacial score (nSPS) is 36.4. The summed E-state index contributed by atoms with van der Waals surface area (Å²) in [5, 5.41) is 10.6. The van der Waals surface area contributed by atoms with Crippen LogP contribution in [-0.4, -0.2) is 23.9 Å². The van der Waals surface area contributed by atoms with E-state index in [0.29, 0.717) is 12.0 Å². The third-order valence-corrected chi connectivity index (χ3v) is 4.49. The molecule has 0 heterocycles. The van der Waals surface area contributed by atoms with Gasteiger partial charge in [-0.15, -0.1) is 0 Å². The first-order valence-corrected chi connectivity index (χ1v) is 6.50. The average Bonchev–Trinajstić information content (AvgIpc) is 2.30. The van der Waals surface area contributed by atoms with Gasteiger partial charge in [0.05, 0.1) is 11.7 Å². The Labute approximate surface area is 93.0 Å². The summed E-state index contributed by atoms with van der Waals surface area (Å²) in [5.74, 6) is 0.546. The molecule has 0 amide bonds. The topological polar surface area (TPSA) is 29.5 Å². The molecule has 0 spiro atoms. The maximum absolute atomic E-state index is 10.6. The maximum Gasteiger partial charge on any atom is 0.0675 e. The summed E-state index contributed by atoms with van der Waals surface area (Å²) in [7, 11) is 1.81. The van der Waals surface area contributed by atoms with Crippen LogP contribution in [0.2, 0.25) is 0 Å². The van der Waals surface area contributed by atoms with Crippen LogP contribution in [0.25, 0.3) is 0 Å². The zero-order valence-electron chi connectivity index (χ0n) is 9.87. The predicted molar refractivity (Wildman–Crippen MR) is 60.8 cm³/mol. The van der Waals surface area contributed by atoms with Crippen molar-refractivity contribution in [3.63, 3.8) is 0 Å². The van der Waals surface area contributed by atoms with Gasteiger partial charge < -0.3 is 9.84 Å². The van der Waals surface area contributed by atoms with Gasteiger partial charge in [-0.3, -0.25) is 0 Å². The Morgan fingerprint density at radius 2 is 1.60 bits per heavy atom. The molecule has 2 rings (SSSR count). The largest absolute Gasteiger partial charge is 0.390 e. The van der Waals surface area contributed by atoms with E-state index in [4.69, 9.17) is 4.74 Å². The Balaban J connectivity index is 1.88. The van der Waals surface area contributed by atoms with Crippen molar-refractivity contribution >= 4 is 0 Å². The molecule has 2 aliphatic rings. The van der Waals surface area contributed by atoms with Crippen LogP contribution in [0.4, 0.5) is 0 Å². The molecule has 2 fully saturated rings. The van der Waals surface area contributed by atoms with Gasteiger partial charge in [0.25, 0.3) is 0 Å². The number of methoxy groups -OCH3 is 1. The molecular weight excluding hydrogens is 188 g/mol. The maximum atomic E-state index is 10.6. The molecule has 0 bridgehead atoms. The van der Waals surface area contributed by atoms with Crippen molar-refractivity contribution < 1.29 is 9.84 Å². The fourth-order valence-electron chi connectivity index (χ4n) is 3.41. The van der Waals surface area contributed by atoms with Crippen LogP contribution in [0.1, 0.15) is 57.8 Å². The quantitative estimate of drug-likeness (QED) is 0.762. The molecule has 2 saturated carbocycles. The summed E-state index contributed by atoms with van der Waals surface area (Å²) in [5.41, 5.74) is -0.322. The molecule has 2 heteroatoms. The molecule has 2 nitrogen and oxygen atoms in total. The van der Waals surface area contributed by atoms with E-state index in [0.717, 1.165) is 38.5 Å². The molecule has 2 aliphatic carbocycles. The Hall–Kier alpha value is -0.0800.